The molecule has 1 aromatic rings. The van der Waals surface area contributed by atoms with E-state index in [0.29, 0.717) is 6.61 Å². The average molecular weight is 312 g/mol. The van der Waals surface area contributed by atoms with Crippen LogP contribution in [0.2, 0.25) is 0 Å². The fourth-order valence-electron chi connectivity index (χ4n) is 2.09. The maximum Gasteiger partial charge on any atom is 0.500 e. The zero-order valence-corrected chi connectivity index (χ0v) is 14.0. The van der Waals surface area contributed by atoms with Gasteiger partial charge in [-0.25, -0.2) is 8.78 Å². The second-order valence-electron chi connectivity index (χ2n) is 7.09. The van der Waals surface area contributed by atoms with Crippen LogP contribution in [0.3, 0.4) is 0 Å². The molecule has 1 aliphatic rings. The van der Waals surface area contributed by atoms with Crippen LogP contribution >= 0.6 is 0 Å². The highest BCUT2D eigenvalue weighted by Gasteiger charge is 2.53. The summed E-state index contributed by atoms with van der Waals surface area (Å²) < 4.78 is 45.4. The molecule has 122 valence electrons. The predicted octanol–water partition coefficient (Wildman–Crippen LogP) is 3.30. The normalized spacial score (nSPS) is 19.8. The molecule has 0 spiro atoms. The maximum atomic E-state index is 14.3. The smallest absolute Gasteiger partial charge is 0.493 e. The summed E-state index contributed by atoms with van der Waals surface area (Å²) in [6, 6.07) is 2.34. The van der Waals surface area contributed by atoms with Crippen LogP contribution < -0.4 is 10.2 Å². The number of rotatable bonds is 4. The van der Waals surface area contributed by atoms with Crippen molar-refractivity contribution in [2.75, 3.05) is 6.61 Å². The third-order valence-electron chi connectivity index (χ3n) is 4.12. The highest BCUT2D eigenvalue weighted by Crippen LogP contribution is 2.37. The van der Waals surface area contributed by atoms with Gasteiger partial charge >= 0.3 is 7.12 Å². The molecule has 0 N–H and O–H groups in total. The Morgan fingerprint density at radius 3 is 1.91 bits per heavy atom. The van der Waals surface area contributed by atoms with Crippen LogP contribution in [0.1, 0.15) is 41.5 Å². The summed E-state index contributed by atoms with van der Waals surface area (Å²) >= 11 is 0. The van der Waals surface area contributed by atoms with Gasteiger partial charge in [-0.15, -0.1) is 0 Å². The Morgan fingerprint density at radius 2 is 1.50 bits per heavy atom. The molecule has 2 rings (SSSR count). The Morgan fingerprint density at radius 1 is 1.05 bits per heavy atom. The Balaban J connectivity index is 2.26. The van der Waals surface area contributed by atoms with Crippen LogP contribution in [0.15, 0.2) is 12.1 Å². The summed E-state index contributed by atoms with van der Waals surface area (Å²) in [6.45, 7) is 11.7. The van der Waals surface area contributed by atoms with E-state index in [2.05, 4.69) is 0 Å². The molecule has 1 aromatic carbocycles. The van der Waals surface area contributed by atoms with Crippen LogP contribution in [-0.2, 0) is 9.31 Å². The van der Waals surface area contributed by atoms with Gasteiger partial charge in [-0.1, -0.05) is 13.8 Å². The van der Waals surface area contributed by atoms with Crippen LogP contribution in [0.5, 0.6) is 5.75 Å². The van der Waals surface area contributed by atoms with Gasteiger partial charge in [-0.05, 0) is 33.6 Å². The standard InChI is InChI=1S/C16H23BF2O3/c1-10(2)9-20-11-7-12(18)14(13(19)8-11)17-21-15(3,4)16(5,6)22-17/h7-8,10H,9H2,1-6H3. The quantitative estimate of drug-likeness (QED) is 0.799. The first-order valence-corrected chi connectivity index (χ1v) is 7.51. The second-order valence-corrected chi connectivity index (χ2v) is 7.09. The Kier molecular flexibility index (Phi) is 4.55. The van der Waals surface area contributed by atoms with Crippen molar-refractivity contribution < 1.29 is 22.8 Å². The first-order chi connectivity index (χ1) is 10.0. The molecule has 6 heteroatoms. The first kappa shape index (κ1) is 17.2. The Labute approximate surface area is 131 Å². The monoisotopic (exact) mass is 312 g/mol. The molecule has 0 amide bonds. The fraction of sp³-hybridized carbons (Fsp3) is 0.625. The van der Waals surface area contributed by atoms with Crippen LogP contribution in [-0.4, -0.2) is 24.9 Å². The molecule has 0 radical (unpaired) electrons. The van der Waals surface area contributed by atoms with E-state index in [9.17, 15) is 8.78 Å². The van der Waals surface area contributed by atoms with Crippen molar-refractivity contribution in [1.29, 1.82) is 0 Å². The zero-order valence-electron chi connectivity index (χ0n) is 14.0. The van der Waals surface area contributed by atoms with E-state index in [1.807, 2.05) is 41.5 Å². The van der Waals surface area contributed by atoms with Crippen molar-refractivity contribution in [3.8, 4) is 5.75 Å². The number of hydrogen-bond acceptors (Lipinski definition) is 3. The third kappa shape index (κ3) is 3.28. The summed E-state index contributed by atoms with van der Waals surface area (Å²) in [5.41, 5.74) is -1.51. The van der Waals surface area contributed by atoms with Gasteiger partial charge in [0.15, 0.2) is 0 Å². The molecule has 22 heavy (non-hydrogen) atoms. The molecule has 1 saturated heterocycles. The van der Waals surface area contributed by atoms with Crippen molar-refractivity contribution in [3.63, 3.8) is 0 Å². The highest BCUT2D eigenvalue weighted by atomic mass is 19.1. The Bertz CT molecular complexity index is 519. The van der Waals surface area contributed by atoms with E-state index in [1.165, 1.54) is 12.1 Å². The van der Waals surface area contributed by atoms with E-state index in [-0.39, 0.29) is 17.1 Å². The molecule has 0 unspecified atom stereocenters. The number of halogens is 2. The molecule has 1 aliphatic heterocycles. The van der Waals surface area contributed by atoms with Gasteiger partial charge in [0, 0.05) is 12.1 Å². The average Bonchev–Trinajstić information content (AvgIpc) is 2.54. The molecule has 0 atom stereocenters. The minimum Gasteiger partial charge on any atom is -0.493 e. The molecule has 0 aliphatic carbocycles. The van der Waals surface area contributed by atoms with Gasteiger partial charge in [0.05, 0.1) is 23.3 Å². The van der Waals surface area contributed by atoms with Crippen molar-refractivity contribution >= 4 is 12.6 Å². The predicted molar refractivity (Wildman–Crippen MR) is 82.4 cm³/mol. The zero-order chi connectivity index (χ0) is 16.7. The van der Waals surface area contributed by atoms with E-state index >= 15 is 0 Å². The summed E-state index contributed by atoms with van der Waals surface area (Å²) in [7, 11) is -1.07. The lowest BCUT2D eigenvalue weighted by molar-refractivity contribution is 0.00578. The lowest BCUT2D eigenvalue weighted by atomic mass is 9.78. The molecule has 0 aromatic heterocycles. The van der Waals surface area contributed by atoms with Crippen LogP contribution in [0.4, 0.5) is 8.78 Å². The lowest BCUT2D eigenvalue weighted by Gasteiger charge is -2.32. The topological polar surface area (TPSA) is 27.7 Å². The van der Waals surface area contributed by atoms with E-state index < -0.39 is 30.0 Å². The summed E-state index contributed by atoms with van der Waals surface area (Å²) in [4.78, 5) is 0. The molecule has 1 fully saturated rings. The second kappa shape index (κ2) is 5.82. The van der Waals surface area contributed by atoms with Gasteiger partial charge in [0.25, 0.3) is 0 Å². The third-order valence-corrected chi connectivity index (χ3v) is 4.12. The summed E-state index contributed by atoms with van der Waals surface area (Å²) in [6.07, 6.45) is 0. The SMILES string of the molecule is CC(C)COc1cc(F)c(B2OC(C)(C)C(C)(C)O2)c(F)c1. The molecular formula is C16H23BF2O3. The largest absolute Gasteiger partial charge is 0.500 e. The number of ether oxygens (including phenoxy) is 1. The van der Waals surface area contributed by atoms with Gasteiger partial charge in [0.2, 0.25) is 0 Å². The van der Waals surface area contributed by atoms with Gasteiger partial charge in [0.1, 0.15) is 17.4 Å². The van der Waals surface area contributed by atoms with Crippen molar-refractivity contribution in [3.05, 3.63) is 23.8 Å². The van der Waals surface area contributed by atoms with Crippen LogP contribution in [0, 0.1) is 17.6 Å². The molecule has 1 heterocycles. The molecule has 3 nitrogen and oxygen atoms in total. The maximum absolute atomic E-state index is 14.3. The molecular weight excluding hydrogens is 289 g/mol. The number of benzene rings is 1. The van der Waals surface area contributed by atoms with E-state index in [4.69, 9.17) is 14.0 Å². The van der Waals surface area contributed by atoms with Crippen LogP contribution in [0.25, 0.3) is 0 Å². The van der Waals surface area contributed by atoms with Gasteiger partial charge < -0.3 is 14.0 Å². The first-order valence-electron chi connectivity index (χ1n) is 7.51. The summed E-state index contributed by atoms with van der Waals surface area (Å²) in [5.74, 6) is -1.01. The van der Waals surface area contributed by atoms with Crippen molar-refractivity contribution in [1.82, 2.24) is 0 Å². The van der Waals surface area contributed by atoms with Gasteiger partial charge in [-0.3, -0.25) is 0 Å². The Hall–Kier alpha value is -1.14. The minimum absolute atomic E-state index is 0.170. The van der Waals surface area contributed by atoms with Gasteiger partial charge in [-0.2, -0.15) is 0 Å². The van der Waals surface area contributed by atoms with E-state index in [0.717, 1.165) is 0 Å². The van der Waals surface area contributed by atoms with Crippen molar-refractivity contribution in [2.45, 2.75) is 52.7 Å². The lowest BCUT2D eigenvalue weighted by Crippen LogP contribution is -2.41. The molecule has 0 saturated carbocycles. The highest BCUT2D eigenvalue weighted by molar-refractivity contribution is 6.62. The molecule has 0 bridgehead atoms. The number of hydrogen-bond donors (Lipinski definition) is 0. The van der Waals surface area contributed by atoms with Crippen molar-refractivity contribution in [2.24, 2.45) is 5.92 Å². The summed E-state index contributed by atoms with van der Waals surface area (Å²) in [5, 5.41) is 0. The fourth-order valence-corrected chi connectivity index (χ4v) is 2.09. The minimum atomic E-state index is -1.07. The van der Waals surface area contributed by atoms with E-state index in [1.54, 1.807) is 0 Å².